The summed E-state index contributed by atoms with van der Waals surface area (Å²) in [6, 6.07) is 8.28. The van der Waals surface area contributed by atoms with Gasteiger partial charge in [0.2, 0.25) is 0 Å². The van der Waals surface area contributed by atoms with Crippen LogP contribution in [-0.2, 0) is 6.18 Å². The summed E-state index contributed by atoms with van der Waals surface area (Å²) in [5.74, 6) is -2.15. The molecule has 0 bridgehead atoms. The molecular formula is C19H10ClF3N4O3S. The van der Waals surface area contributed by atoms with Crippen molar-refractivity contribution in [3.8, 4) is 11.1 Å². The third-order valence-electron chi connectivity index (χ3n) is 4.27. The molecule has 0 radical (unpaired) electrons. The van der Waals surface area contributed by atoms with E-state index < -0.39 is 23.7 Å². The van der Waals surface area contributed by atoms with Crippen molar-refractivity contribution >= 4 is 45.5 Å². The van der Waals surface area contributed by atoms with E-state index in [1.54, 1.807) is 29.6 Å². The number of carbonyl (C=O) groups excluding carboxylic acids is 1. The van der Waals surface area contributed by atoms with E-state index in [1.165, 1.54) is 0 Å². The SMILES string of the molecule is O=C(Nc1scc(-c2ccc(Cl)cc2)c1C(=O)O)c1cc2nccc(C(F)(F)F)n2n1. The lowest BCUT2D eigenvalue weighted by atomic mass is 10.0. The highest BCUT2D eigenvalue weighted by Gasteiger charge is 2.34. The second-order valence-corrected chi connectivity index (χ2v) is 7.56. The Kier molecular flexibility index (Phi) is 5.15. The number of benzene rings is 1. The highest BCUT2D eigenvalue weighted by molar-refractivity contribution is 7.15. The minimum atomic E-state index is -4.70. The van der Waals surface area contributed by atoms with Gasteiger partial charge in [-0.25, -0.2) is 14.3 Å². The van der Waals surface area contributed by atoms with Crippen LogP contribution < -0.4 is 5.32 Å². The first kappa shape index (κ1) is 20.8. The molecule has 0 saturated carbocycles. The van der Waals surface area contributed by atoms with Gasteiger partial charge in [-0.05, 0) is 23.8 Å². The molecule has 0 fully saturated rings. The summed E-state index contributed by atoms with van der Waals surface area (Å²) in [7, 11) is 0. The molecule has 4 aromatic rings. The van der Waals surface area contributed by atoms with E-state index in [2.05, 4.69) is 15.4 Å². The summed E-state index contributed by atoms with van der Waals surface area (Å²) in [5.41, 5.74) is -0.832. The lowest BCUT2D eigenvalue weighted by Crippen LogP contribution is -2.16. The Morgan fingerprint density at radius 1 is 1.16 bits per heavy atom. The third-order valence-corrected chi connectivity index (χ3v) is 5.42. The van der Waals surface area contributed by atoms with Gasteiger partial charge in [0, 0.05) is 28.2 Å². The number of amides is 1. The first-order chi connectivity index (χ1) is 14.6. The Morgan fingerprint density at radius 3 is 2.52 bits per heavy atom. The number of hydrogen-bond donors (Lipinski definition) is 2. The number of anilines is 1. The van der Waals surface area contributed by atoms with Crippen LogP contribution in [0.3, 0.4) is 0 Å². The first-order valence-corrected chi connectivity index (χ1v) is 9.75. The van der Waals surface area contributed by atoms with Gasteiger partial charge in [0.25, 0.3) is 5.91 Å². The molecule has 7 nitrogen and oxygen atoms in total. The number of alkyl halides is 3. The van der Waals surface area contributed by atoms with Crippen LogP contribution in [-0.4, -0.2) is 31.6 Å². The molecule has 3 aromatic heterocycles. The van der Waals surface area contributed by atoms with Crippen LogP contribution in [0.15, 0.2) is 48.0 Å². The molecule has 0 saturated heterocycles. The second-order valence-electron chi connectivity index (χ2n) is 6.25. The number of carboxylic acids is 1. The number of hydrogen-bond acceptors (Lipinski definition) is 5. The lowest BCUT2D eigenvalue weighted by Gasteiger charge is -2.07. The second kappa shape index (κ2) is 7.67. The molecule has 31 heavy (non-hydrogen) atoms. The van der Waals surface area contributed by atoms with Crippen molar-refractivity contribution < 1.29 is 27.9 Å². The Balaban J connectivity index is 1.69. The topological polar surface area (TPSA) is 96.6 Å². The summed E-state index contributed by atoms with van der Waals surface area (Å²) in [4.78, 5) is 28.2. The van der Waals surface area contributed by atoms with Gasteiger partial charge in [0.05, 0.1) is 0 Å². The predicted octanol–water partition coefficient (Wildman–Crippen LogP) is 5.08. The van der Waals surface area contributed by atoms with Crippen molar-refractivity contribution in [3.63, 3.8) is 0 Å². The molecule has 0 atom stereocenters. The maximum atomic E-state index is 13.1. The summed E-state index contributed by atoms with van der Waals surface area (Å²) >= 11 is 6.83. The average molecular weight is 467 g/mol. The van der Waals surface area contributed by atoms with Crippen LogP contribution in [0.2, 0.25) is 5.02 Å². The van der Waals surface area contributed by atoms with Gasteiger partial charge >= 0.3 is 12.1 Å². The molecule has 0 aliphatic heterocycles. The van der Waals surface area contributed by atoms with E-state index in [1.807, 2.05) is 0 Å². The number of aromatic nitrogens is 3. The van der Waals surface area contributed by atoms with Crippen LogP contribution >= 0.6 is 22.9 Å². The number of rotatable bonds is 4. The van der Waals surface area contributed by atoms with E-state index in [0.717, 1.165) is 29.7 Å². The molecule has 3 heterocycles. The molecule has 0 aliphatic rings. The maximum Gasteiger partial charge on any atom is 0.433 e. The number of nitrogens with zero attached hydrogens (tertiary/aromatic N) is 3. The van der Waals surface area contributed by atoms with Crippen LogP contribution in [0.1, 0.15) is 26.5 Å². The lowest BCUT2D eigenvalue weighted by molar-refractivity contribution is -0.142. The Bertz CT molecular complexity index is 1320. The molecule has 0 spiro atoms. The fraction of sp³-hybridized carbons (Fsp3) is 0.0526. The largest absolute Gasteiger partial charge is 0.478 e. The monoisotopic (exact) mass is 466 g/mol. The van der Waals surface area contributed by atoms with Crippen LogP contribution in [0.25, 0.3) is 16.8 Å². The number of nitrogens with one attached hydrogen (secondary N) is 1. The van der Waals surface area contributed by atoms with Gasteiger partial charge in [0.15, 0.2) is 11.3 Å². The first-order valence-electron chi connectivity index (χ1n) is 8.49. The number of thiophene rings is 1. The molecule has 1 aromatic carbocycles. The zero-order chi connectivity index (χ0) is 22.3. The van der Waals surface area contributed by atoms with E-state index in [9.17, 15) is 27.9 Å². The van der Waals surface area contributed by atoms with Crippen molar-refractivity contribution in [2.75, 3.05) is 5.32 Å². The number of aromatic carboxylic acids is 1. The van der Waals surface area contributed by atoms with Gasteiger partial charge in [-0.15, -0.1) is 11.3 Å². The smallest absolute Gasteiger partial charge is 0.433 e. The quantitative estimate of drug-likeness (QED) is 0.437. The summed E-state index contributed by atoms with van der Waals surface area (Å²) in [5, 5.41) is 17.8. The summed E-state index contributed by atoms with van der Waals surface area (Å²) in [6.45, 7) is 0. The molecular weight excluding hydrogens is 457 g/mol. The minimum absolute atomic E-state index is 0.0171. The number of carbonyl (C=O) groups is 2. The van der Waals surface area contributed by atoms with Crippen molar-refractivity contribution in [2.24, 2.45) is 0 Å². The van der Waals surface area contributed by atoms with Crippen LogP contribution in [0, 0.1) is 0 Å². The van der Waals surface area contributed by atoms with E-state index in [4.69, 9.17) is 11.6 Å². The van der Waals surface area contributed by atoms with Gasteiger partial charge in [-0.2, -0.15) is 18.3 Å². The highest BCUT2D eigenvalue weighted by atomic mass is 35.5. The Morgan fingerprint density at radius 2 is 1.87 bits per heavy atom. The van der Waals surface area contributed by atoms with Gasteiger partial charge in [-0.1, -0.05) is 23.7 Å². The number of halogens is 4. The summed E-state index contributed by atoms with van der Waals surface area (Å²) < 4.78 is 39.9. The summed E-state index contributed by atoms with van der Waals surface area (Å²) in [6.07, 6.45) is -3.74. The van der Waals surface area contributed by atoms with Crippen LogP contribution in [0.5, 0.6) is 0 Å². The zero-order valence-electron chi connectivity index (χ0n) is 15.1. The zero-order valence-corrected chi connectivity index (χ0v) is 16.7. The fourth-order valence-electron chi connectivity index (χ4n) is 2.89. The fourth-order valence-corrected chi connectivity index (χ4v) is 3.97. The average Bonchev–Trinajstić information content (AvgIpc) is 3.31. The third kappa shape index (κ3) is 3.97. The van der Waals surface area contributed by atoms with Gasteiger partial charge < -0.3 is 10.4 Å². The standard InChI is InChI=1S/C19H10ClF3N4O3S/c20-10-3-1-9(2-4-10)11-8-31-17(15(11)18(29)30)25-16(28)12-7-14-24-6-5-13(19(21,22)23)27(14)26-12/h1-8H,(H,25,28)(H,29,30). The van der Waals surface area contributed by atoms with Crippen molar-refractivity contribution in [2.45, 2.75) is 6.18 Å². The minimum Gasteiger partial charge on any atom is -0.478 e. The molecule has 0 unspecified atom stereocenters. The van der Waals surface area contributed by atoms with Gasteiger partial charge in [-0.3, -0.25) is 4.79 Å². The molecule has 12 heteroatoms. The van der Waals surface area contributed by atoms with Crippen molar-refractivity contribution in [1.82, 2.24) is 14.6 Å². The van der Waals surface area contributed by atoms with Crippen molar-refractivity contribution in [3.05, 3.63) is 69.9 Å². The van der Waals surface area contributed by atoms with E-state index >= 15 is 0 Å². The molecule has 0 aliphatic carbocycles. The Labute approximate surface area is 180 Å². The molecule has 158 valence electrons. The molecule has 1 amide bonds. The van der Waals surface area contributed by atoms with E-state index in [0.29, 0.717) is 20.7 Å². The van der Waals surface area contributed by atoms with Crippen molar-refractivity contribution in [1.29, 1.82) is 0 Å². The number of fused-ring (bicyclic) bond motifs is 1. The van der Waals surface area contributed by atoms with E-state index in [-0.39, 0.29) is 21.9 Å². The maximum absolute atomic E-state index is 13.1. The van der Waals surface area contributed by atoms with Gasteiger partial charge in [0.1, 0.15) is 16.3 Å². The van der Waals surface area contributed by atoms with Crippen LogP contribution in [0.4, 0.5) is 18.2 Å². The molecule has 2 N–H and O–H groups in total. The Hall–Kier alpha value is -3.44. The number of carboxylic acid groups (broad SMARTS) is 1. The predicted molar refractivity (Wildman–Crippen MR) is 108 cm³/mol. The molecule has 4 rings (SSSR count). The normalized spacial score (nSPS) is 11.6. The highest BCUT2D eigenvalue weighted by Crippen LogP contribution is 2.36.